The molecule has 0 heterocycles. The third-order valence-electron chi connectivity index (χ3n) is 2.47. The number of thioether (sulfide) groups is 1. The van der Waals surface area contributed by atoms with Crippen molar-refractivity contribution in [3.63, 3.8) is 0 Å². The Morgan fingerprint density at radius 3 is 2.38 bits per heavy atom. The molecule has 0 aliphatic heterocycles. The van der Waals surface area contributed by atoms with Crippen molar-refractivity contribution in [2.45, 2.75) is 39.5 Å². The van der Waals surface area contributed by atoms with Gasteiger partial charge in [-0.15, -0.1) is 0 Å². The highest BCUT2D eigenvalue weighted by molar-refractivity contribution is 7.98. The van der Waals surface area contributed by atoms with E-state index in [2.05, 4.69) is 51.2 Å². The van der Waals surface area contributed by atoms with Crippen LogP contribution in [0, 0.1) is 13.8 Å². The molecule has 0 fully saturated rings. The highest BCUT2D eigenvalue weighted by Gasteiger charge is 2.01. The van der Waals surface area contributed by atoms with Crippen LogP contribution in [-0.4, -0.2) is 18.3 Å². The van der Waals surface area contributed by atoms with Gasteiger partial charge in [0.25, 0.3) is 0 Å². The Labute approximate surface area is 104 Å². The molecule has 90 valence electrons. The molecule has 1 rings (SSSR count). The predicted molar refractivity (Wildman–Crippen MR) is 75.2 cm³/mol. The molecule has 1 nitrogen and oxygen atoms in total. The van der Waals surface area contributed by atoms with Gasteiger partial charge in [-0.2, -0.15) is 11.8 Å². The van der Waals surface area contributed by atoms with Crippen LogP contribution in [0.1, 0.15) is 30.5 Å². The van der Waals surface area contributed by atoms with Gasteiger partial charge in [-0.1, -0.05) is 36.2 Å². The zero-order valence-electron chi connectivity index (χ0n) is 10.8. The predicted octanol–water partition coefficient (Wildman–Crippen LogP) is 3.53. The highest BCUT2D eigenvalue weighted by Crippen LogP contribution is 2.16. The number of aryl methyl sites for hydroxylation is 2. The largest absolute Gasteiger partial charge is 0.314 e. The monoisotopic (exact) mass is 237 g/mol. The van der Waals surface area contributed by atoms with Gasteiger partial charge in [0.15, 0.2) is 0 Å². The molecule has 1 N–H and O–H groups in total. The Morgan fingerprint density at radius 1 is 1.19 bits per heavy atom. The maximum absolute atomic E-state index is 3.43. The summed E-state index contributed by atoms with van der Waals surface area (Å²) in [6, 6.07) is 7.42. The number of nitrogens with one attached hydrogen (secondary N) is 1. The first-order valence-corrected chi connectivity index (χ1v) is 7.15. The summed E-state index contributed by atoms with van der Waals surface area (Å²) in [7, 11) is 0. The molecule has 1 aromatic rings. The summed E-state index contributed by atoms with van der Waals surface area (Å²) in [4.78, 5) is 0. The summed E-state index contributed by atoms with van der Waals surface area (Å²) >= 11 is 2.01. The molecule has 0 radical (unpaired) electrons. The van der Waals surface area contributed by atoms with E-state index < -0.39 is 0 Å². The van der Waals surface area contributed by atoms with Gasteiger partial charge in [0, 0.05) is 17.5 Å². The quantitative estimate of drug-likeness (QED) is 0.812. The number of rotatable bonds is 6. The standard InChI is InChI=1S/C14H23NS/c1-5-15-13(4)9-16-10-14-7-11(2)6-12(3)8-14/h6-8,13,15H,5,9-10H2,1-4H3. The van der Waals surface area contributed by atoms with E-state index in [0.29, 0.717) is 6.04 Å². The average molecular weight is 237 g/mol. The molecular weight excluding hydrogens is 214 g/mol. The van der Waals surface area contributed by atoms with Crippen molar-refractivity contribution in [1.82, 2.24) is 5.32 Å². The Hall–Kier alpha value is -0.470. The Morgan fingerprint density at radius 2 is 1.81 bits per heavy atom. The van der Waals surface area contributed by atoms with Crippen LogP contribution in [0.4, 0.5) is 0 Å². The third kappa shape index (κ3) is 5.04. The van der Waals surface area contributed by atoms with Crippen LogP contribution in [0.15, 0.2) is 18.2 Å². The summed E-state index contributed by atoms with van der Waals surface area (Å²) < 4.78 is 0. The summed E-state index contributed by atoms with van der Waals surface area (Å²) in [5.41, 5.74) is 4.19. The first kappa shape index (κ1) is 13.6. The van der Waals surface area contributed by atoms with Gasteiger partial charge in [-0.25, -0.2) is 0 Å². The van der Waals surface area contributed by atoms with Crippen LogP contribution in [0.25, 0.3) is 0 Å². The van der Waals surface area contributed by atoms with Gasteiger partial charge in [0.1, 0.15) is 0 Å². The first-order valence-electron chi connectivity index (χ1n) is 6.00. The van der Waals surface area contributed by atoms with E-state index >= 15 is 0 Å². The van der Waals surface area contributed by atoms with Gasteiger partial charge in [0.05, 0.1) is 0 Å². The number of hydrogen-bond donors (Lipinski definition) is 1. The molecule has 0 aliphatic rings. The Kier molecular flexibility index (Phi) is 5.93. The molecule has 0 saturated carbocycles. The van der Waals surface area contributed by atoms with E-state index in [9.17, 15) is 0 Å². The number of benzene rings is 1. The van der Waals surface area contributed by atoms with Crippen LogP contribution in [-0.2, 0) is 5.75 Å². The molecule has 0 spiro atoms. The first-order chi connectivity index (χ1) is 7.61. The minimum absolute atomic E-state index is 0.612. The lowest BCUT2D eigenvalue weighted by molar-refractivity contribution is 0.620. The van der Waals surface area contributed by atoms with Crippen LogP contribution < -0.4 is 5.32 Å². The lowest BCUT2D eigenvalue weighted by Gasteiger charge is -2.11. The normalized spacial score (nSPS) is 12.8. The smallest absolute Gasteiger partial charge is 0.0185 e. The maximum Gasteiger partial charge on any atom is 0.0185 e. The summed E-state index contributed by atoms with van der Waals surface area (Å²) in [5, 5.41) is 3.43. The molecule has 16 heavy (non-hydrogen) atoms. The molecule has 0 amide bonds. The van der Waals surface area contributed by atoms with Crippen molar-refractivity contribution in [1.29, 1.82) is 0 Å². The van der Waals surface area contributed by atoms with Crippen LogP contribution >= 0.6 is 11.8 Å². The zero-order valence-corrected chi connectivity index (χ0v) is 11.7. The molecule has 0 bridgehead atoms. The Balaban J connectivity index is 2.37. The fourth-order valence-electron chi connectivity index (χ4n) is 1.91. The topological polar surface area (TPSA) is 12.0 Å². The molecular formula is C14H23NS. The van der Waals surface area contributed by atoms with E-state index in [4.69, 9.17) is 0 Å². The van der Waals surface area contributed by atoms with Crippen molar-refractivity contribution in [2.75, 3.05) is 12.3 Å². The minimum Gasteiger partial charge on any atom is -0.314 e. The third-order valence-corrected chi connectivity index (χ3v) is 3.74. The average Bonchev–Trinajstić information content (AvgIpc) is 2.16. The summed E-state index contributed by atoms with van der Waals surface area (Å²) in [6.45, 7) is 9.80. The van der Waals surface area contributed by atoms with Crippen molar-refractivity contribution in [3.8, 4) is 0 Å². The van der Waals surface area contributed by atoms with E-state index in [1.54, 1.807) is 0 Å². The van der Waals surface area contributed by atoms with Crippen molar-refractivity contribution in [2.24, 2.45) is 0 Å². The molecule has 1 aromatic carbocycles. The molecule has 2 heteroatoms. The molecule has 1 unspecified atom stereocenters. The lowest BCUT2D eigenvalue weighted by Crippen LogP contribution is -2.27. The minimum atomic E-state index is 0.612. The molecule has 1 atom stereocenters. The number of hydrogen-bond acceptors (Lipinski definition) is 2. The SMILES string of the molecule is CCNC(C)CSCc1cc(C)cc(C)c1. The van der Waals surface area contributed by atoms with Crippen molar-refractivity contribution < 1.29 is 0 Å². The molecule has 0 aromatic heterocycles. The highest BCUT2D eigenvalue weighted by atomic mass is 32.2. The molecule has 0 aliphatic carbocycles. The van der Waals surface area contributed by atoms with Gasteiger partial charge in [-0.3, -0.25) is 0 Å². The van der Waals surface area contributed by atoms with Crippen LogP contribution in [0.3, 0.4) is 0 Å². The van der Waals surface area contributed by atoms with Crippen LogP contribution in [0.2, 0.25) is 0 Å². The second kappa shape index (κ2) is 6.97. The van der Waals surface area contributed by atoms with E-state index in [1.807, 2.05) is 11.8 Å². The maximum atomic E-state index is 3.43. The summed E-state index contributed by atoms with van der Waals surface area (Å²) in [5.74, 6) is 2.30. The fraction of sp³-hybridized carbons (Fsp3) is 0.571. The lowest BCUT2D eigenvalue weighted by atomic mass is 10.1. The second-order valence-electron chi connectivity index (χ2n) is 4.47. The van der Waals surface area contributed by atoms with Gasteiger partial charge in [0.2, 0.25) is 0 Å². The van der Waals surface area contributed by atoms with Crippen molar-refractivity contribution in [3.05, 3.63) is 34.9 Å². The van der Waals surface area contributed by atoms with Gasteiger partial charge < -0.3 is 5.32 Å². The van der Waals surface area contributed by atoms with E-state index in [0.717, 1.165) is 12.3 Å². The second-order valence-corrected chi connectivity index (χ2v) is 5.50. The van der Waals surface area contributed by atoms with E-state index in [1.165, 1.54) is 22.4 Å². The van der Waals surface area contributed by atoms with Gasteiger partial charge >= 0.3 is 0 Å². The zero-order chi connectivity index (χ0) is 12.0. The van der Waals surface area contributed by atoms with Crippen molar-refractivity contribution >= 4 is 11.8 Å². The Bertz CT molecular complexity index is 302. The molecule has 0 saturated heterocycles. The van der Waals surface area contributed by atoms with Gasteiger partial charge in [-0.05, 0) is 32.9 Å². The summed E-state index contributed by atoms with van der Waals surface area (Å²) in [6.07, 6.45) is 0. The fourth-order valence-corrected chi connectivity index (χ4v) is 2.90. The van der Waals surface area contributed by atoms with E-state index in [-0.39, 0.29) is 0 Å². The van der Waals surface area contributed by atoms with Crippen LogP contribution in [0.5, 0.6) is 0 Å².